The second-order valence-corrected chi connectivity index (χ2v) is 7.41. The first-order valence-electron chi connectivity index (χ1n) is 6.51. The minimum absolute atomic E-state index is 0.000370. The van der Waals surface area contributed by atoms with Gasteiger partial charge in [0.25, 0.3) is 0 Å². The first kappa shape index (κ1) is 14.8. The summed E-state index contributed by atoms with van der Waals surface area (Å²) in [6.45, 7) is 1.88. The van der Waals surface area contributed by atoms with E-state index in [2.05, 4.69) is 0 Å². The molecule has 0 saturated carbocycles. The smallest absolute Gasteiger partial charge is 0.310 e. The van der Waals surface area contributed by atoms with Crippen LogP contribution >= 0.6 is 0 Å². The molecule has 1 aliphatic heterocycles. The Morgan fingerprint density at radius 2 is 2.15 bits per heavy atom. The number of hydrogen-bond acceptors (Lipinski definition) is 4. The fourth-order valence-corrected chi connectivity index (χ4v) is 4.33. The van der Waals surface area contributed by atoms with Crippen LogP contribution in [0.5, 0.6) is 5.75 Å². The van der Waals surface area contributed by atoms with Gasteiger partial charge in [-0.3, -0.25) is 4.79 Å². The second-order valence-electron chi connectivity index (χ2n) is 5.18. The van der Waals surface area contributed by atoms with E-state index in [0.717, 1.165) is 5.56 Å². The molecular weight excluding hydrogens is 280 g/mol. The van der Waals surface area contributed by atoms with Crippen LogP contribution in [-0.4, -0.2) is 37.6 Å². The molecule has 6 heteroatoms. The van der Waals surface area contributed by atoms with Crippen molar-refractivity contribution in [3.05, 3.63) is 29.8 Å². The molecule has 0 bridgehead atoms. The van der Waals surface area contributed by atoms with Crippen molar-refractivity contribution in [1.29, 1.82) is 0 Å². The fourth-order valence-electron chi connectivity index (χ4n) is 2.45. The monoisotopic (exact) mass is 298 g/mol. The van der Waals surface area contributed by atoms with Gasteiger partial charge in [0.2, 0.25) is 0 Å². The van der Waals surface area contributed by atoms with Crippen molar-refractivity contribution in [2.45, 2.75) is 13.3 Å². The molecule has 1 N–H and O–H groups in total. The zero-order chi connectivity index (χ0) is 14.8. The van der Waals surface area contributed by atoms with Crippen molar-refractivity contribution in [1.82, 2.24) is 0 Å². The predicted octanol–water partition coefficient (Wildman–Crippen LogP) is 1.51. The SMILES string of the molecule is Cc1ccccc1OCC(C(=O)O)C1CCS(=O)(=O)C1. The molecule has 5 nitrogen and oxygen atoms in total. The molecule has 0 spiro atoms. The van der Waals surface area contributed by atoms with Gasteiger partial charge in [0.15, 0.2) is 9.84 Å². The van der Waals surface area contributed by atoms with Crippen molar-refractivity contribution in [3.8, 4) is 5.75 Å². The van der Waals surface area contributed by atoms with E-state index in [9.17, 15) is 18.3 Å². The van der Waals surface area contributed by atoms with Crippen LogP contribution in [0, 0.1) is 18.8 Å². The van der Waals surface area contributed by atoms with E-state index < -0.39 is 21.7 Å². The standard InChI is InChI=1S/C14H18O5S/c1-10-4-2-3-5-13(10)19-8-12(14(15)16)11-6-7-20(17,18)9-11/h2-5,11-12H,6-9H2,1H3,(H,15,16). The van der Waals surface area contributed by atoms with Crippen LogP contribution in [0.2, 0.25) is 0 Å². The van der Waals surface area contributed by atoms with Crippen LogP contribution in [-0.2, 0) is 14.6 Å². The molecule has 2 unspecified atom stereocenters. The second kappa shape index (κ2) is 5.83. The van der Waals surface area contributed by atoms with Gasteiger partial charge in [-0.15, -0.1) is 0 Å². The highest BCUT2D eigenvalue weighted by Gasteiger charge is 2.37. The topological polar surface area (TPSA) is 80.7 Å². The van der Waals surface area contributed by atoms with Crippen LogP contribution in [0.15, 0.2) is 24.3 Å². The summed E-state index contributed by atoms with van der Waals surface area (Å²) in [6.07, 6.45) is 0.399. The van der Waals surface area contributed by atoms with Gasteiger partial charge in [0.1, 0.15) is 12.4 Å². The summed E-state index contributed by atoms with van der Waals surface area (Å²) < 4.78 is 28.5. The number of carbonyl (C=O) groups is 1. The largest absolute Gasteiger partial charge is 0.492 e. The molecule has 2 rings (SSSR count). The van der Waals surface area contributed by atoms with Crippen molar-refractivity contribution < 1.29 is 23.1 Å². The van der Waals surface area contributed by atoms with Gasteiger partial charge in [-0.2, -0.15) is 0 Å². The van der Waals surface area contributed by atoms with Gasteiger partial charge in [-0.25, -0.2) is 8.42 Å². The Hall–Kier alpha value is -1.56. The quantitative estimate of drug-likeness (QED) is 0.891. The van der Waals surface area contributed by atoms with Gasteiger partial charge >= 0.3 is 5.97 Å². The number of benzene rings is 1. The summed E-state index contributed by atoms with van der Waals surface area (Å²) in [5, 5.41) is 9.28. The van der Waals surface area contributed by atoms with Crippen LogP contribution in [0.4, 0.5) is 0 Å². The minimum atomic E-state index is -3.08. The lowest BCUT2D eigenvalue weighted by atomic mass is 9.92. The highest BCUT2D eigenvalue weighted by molar-refractivity contribution is 7.91. The molecule has 1 heterocycles. The van der Waals surface area contributed by atoms with Crippen molar-refractivity contribution in [3.63, 3.8) is 0 Å². The van der Waals surface area contributed by atoms with E-state index in [1.54, 1.807) is 6.07 Å². The molecule has 0 radical (unpaired) electrons. The Kier molecular flexibility index (Phi) is 4.32. The number of ether oxygens (including phenoxy) is 1. The molecule has 1 aromatic carbocycles. The molecule has 0 aromatic heterocycles. The highest BCUT2D eigenvalue weighted by atomic mass is 32.2. The number of sulfone groups is 1. The van der Waals surface area contributed by atoms with E-state index in [1.165, 1.54) is 0 Å². The summed E-state index contributed by atoms with van der Waals surface area (Å²) in [6, 6.07) is 7.35. The maximum absolute atomic E-state index is 11.5. The molecule has 2 atom stereocenters. The van der Waals surface area contributed by atoms with Crippen molar-refractivity contribution in [2.75, 3.05) is 18.1 Å². The molecule has 1 aliphatic rings. The van der Waals surface area contributed by atoms with Gasteiger partial charge in [-0.1, -0.05) is 18.2 Å². The number of aliphatic carboxylic acids is 1. The van der Waals surface area contributed by atoms with E-state index >= 15 is 0 Å². The third-order valence-corrected chi connectivity index (χ3v) is 5.46. The zero-order valence-electron chi connectivity index (χ0n) is 11.3. The Balaban J connectivity index is 2.04. The van der Waals surface area contributed by atoms with Gasteiger partial charge in [-0.05, 0) is 30.9 Å². The summed E-state index contributed by atoms with van der Waals surface area (Å²) in [7, 11) is -3.08. The third kappa shape index (κ3) is 3.50. The van der Waals surface area contributed by atoms with Gasteiger partial charge in [0.05, 0.1) is 17.4 Å². The summed E-state index contributed by atoms with van der Waals surface area (Å²) in [5.41, 5.74) is 0.927. The van der Waals surface area contributed by atoms with Crippen LogP contribution in [0.3, 0.4) is 0 Å². The average Bonchev–Trinajstić information content (AvgIpc) is 2.71. The van der Waals surface area contributed by atoms with Crippen LogP contribution in [0.25, 0.3) is 0 Å². The Labute approximate surface area is 118 Å². The lowest BCUT2D eigenvalue weighted by molar-refractivity contribution is -0.144. The van der Waals surface area contributed by atoms with E-state index in [4.69, 9.17) is 4.74 Å². The number of para-hydroxylation sites is 1. The molecule has 110 valence electrons. The molecule has 1 aromatic rings. The minimum Gasteiger partial charge on any atom is -0.492 e. The number of hydrogen-bond donors (Lipinski definition) is 1. The molecular formula is C14H18O5S. The van der Waals surface area contributed by atoms with Crippen molar-refractivity contribution >= 4 is 15.8 Å². The van der Waals surface area contributed by atoms with Gasteiger partial charge < -0.3 is 9.84 Å². The Bertz CT molecular complexity index is 593. The molecule has 0 aliphatic carbocycles. The maximum Gasteiger partial charge on any atom is 0.310 e. The normalized spacial score (nSPS) is 22.4. The number of aryl methyl sites for hydroxylation is 1. The van der Waals surface area contributed by atoms with Crippen LogP contribution in [0.1, 0.15) is 12.0 Å². The van der Waals surface area contributed by atoms with Gasteiger partial charge in [0, 0.05) is 0 Å². The van der Waals surface area contributed by atoms with E-state index in [1.807, 2.05) is 25.1 Å². The lowest BCUT2D eigenvalue weighted by Crippen LogP contribution is -2.30. The van der Waals surface area contributed by atoms with Crippen molar-refractivity contribution in [2.24, 2.45) is 11.8 Å². The predicted molar refractivity (Wildman–Crippen MR) is 74.6 cm³/mol. The van der Waals surface area contributed by atoms with Crippen LogP contribution < -0.4 is 4.74 Å². The number of rotatable bonds is 5. The fraction of sp³-hybridized carbons (Fsp3) is 0.500. The molecule has 1 fully saturated rings. The zero-order valence-corrected chi connectivity index (χ0v) is 12.1. The average molecular weight is 298 g/mol. The first-order valence-corrected chi connectivity index (χ1v) is 8.33. The van der Waals surface area contributed by atoms with E-state index in [-0.39, 0.29) is 24.0 Å². The molecule has 0 amide bonds. The number of carboxylic acids is 1. The molecule has 20 heavy (non-hydrogen) atoms. The summed E-state index contributed by atoms with van der Waals surface area (Å²) in [4.78, 5) is 11.3. The lowest BCUT2D eigenvalue weighted by Gasteiger charge is -2.19. The third-order valence-electron chi connectivity index (χ3n) is 3.67. The summed E-state index contributed by atoms with van der Waals surface area (Å²) in [5.74, 6) is -1.49. The molecule has 1 saturated heterocycles. The van der Waals surface area contributed by atoms with E-state index in [0.29, 0.717) is 12.2 Å². The Morgan fingerprint density at radius 3 is 2.70 bits per heavy atom. The number of carboxylic acid groups (broad SMARTS) is 1. The maximum atomic E-state index is 11.5. The summed E-state index contributed by atoms with van der Waals surface area (Å²) >= 11 is 0. The first-order chi connectivity index (χ1) is 9.39. The highest BCUT2D eigenvalue weighted by Crippen LogP contribution is 2.27. The Morgan fingerprint density at radius 1 is 1.45 bits per heavy atom.